The summed E-state index contributed by atoms with van der Waals surface area (Å²) in [5, 5.41) is 9.75. The smallest absolute Gasteiger partial charge is 0.243 e. The highest BCUT2D eigenvalue weighted by atomic mass is 16.3. The van der Waals surface area contributed by atoms with E-state index in [1.807, 2.05) is 4.90 Å². The fourth-order valence-corrected chi connectivity index (χ4v) is 3.96. The van der Waals surface area contributed by atoms with Crippen molar-refractivity contribution in [3.63, 3.8) is 0 Å². The number of hydrogen-bond donors (Lipinski definition) is 2. The molecule has 1 saturated carbocycles. The Morgan fingerprint density at radius 3 is 2.24 bits per heavy atom. The highest BCUT2D eigenvalue weighted by Crippen LogP contribution is 2.39. The molecule has 3 aliphatic rings. The van der Waals surface area contributed by atoms with Gasteiger partial charge in [0.2, 0.25) is 5.91 Å². The van der Waals surface area contributed by atoms with Gasteiger partial charge >= 0.3 is 0 Å². The number of fused-ring (bicyclic) bond motifs is 2. The van der Waals surface area contributed by atoms with Crippen molar-refractivity contribution in [1.82, 2.24) is 4.90 Å². The van der Waals surface area contributed by atoms with Crippen LogP contribution >= 0.6 is 0 Å². The van der Waals surface area contributed by atoms with E-state index < -0.39 is 5.54 Å². The molecule has 4 nitrogen and oxygen atoms in total. The van der Waals surface area contributed by atoms with Gasteiger partial charge in [0.15, 0.2) is 0 Å². The summed E-state index contributed by atoms with van der Waals surface area (Å²) in [4.78, 5) is 14.6. The first-order valence-corrected chi connectivity index (χ1v) is 6.90. The zero-order valence-corrected chi connectivity index (χ0v) is 10.3. The van der Waals surface area contributed by atoms with Gasteiger partial charge in [0, 0.05) is 12.1 Å². The van der Waals surface area contributed by atoms with Crippen molar-refractivity contribution in [2.24, 2.45) is 5.73 Å². The van der Waals surface area contributed by atoms with Gasteiger partial charge in [-0.15, -0.1) is 0 Å². The first kappa shape index (κ1) is 11.5. The van der Waals surface area contributed by atoms with Gasteiger partial charge < -0.3 is 15.7 Å². The average Bonchev–Trinajstić information content (AvgIpc) is 2.82. The minimum absolute atomic E-state index is 0.161. The van der Waals surface area contributed by atoms with Crippen molar-refractivity contribution in [1.29, 1.82) is 0 Å². The van der Waals surface area contributed by atoms with E-state index in [9.17, 15) is 9.90 Å². The SMILES string of the molecule is NC1(C(=O)N2C3CCC2CC(O)C3)CCCC1. The third-order valence-electron chi connectivity index (χ3n) is 4.86. The monoisotopic (exact) mass is 238 g/mol. The third kappa shape index (κ3) is 1.78. The van der Waals surface area contributed by atoms with Crippen molar-refractivity contribution in [3.8, 4) is 0 Å². The number of aliphatic hydroxyl groups is 1. The van der Waals surface area contributed by atoms with E-state index >= 15 is 0 Å². The number of aliphatic hydroxyl groups excluding tert-OH is 1. The van der Waals surface area contributed by atoms with E-state index in [1.165, 1.54) is 0 Å². The van der Waals surface area contributed by atoms with Crippen molar-refractivity contribution >= 4 is 5.91 Å². The molecule has 2 atom stereocenters. The molecule has 2 aliphatic heterocycles. The predicted molar refractivity (Wildman–Crippen MR) is 64.3 cm³/mol. The second-order valence-electron chi connectivity index (χ2n) is 6.09. The van der Waals surface area contributed by atoms with Crippen LogP contribution in [0.2, 0.25) is 0 Å². The van der Waals surface area contributed by atoms with Crippen LogP contribution in [0.1, 0.15) is 51.4 Å². The lowest BCUT2D eigenvalue weighted by Gasteiger charge is -2.41. The molecular weight excluding hydrogens is 216 g/mol. The highest BCUT2D eigenvalue weighted by Gasteiger charge is 2.49. The van der Waals surface area contributed by atoms with Gasteiger partial charge in [-0.1, -0.05) is 12.8 Å². The van der Waals surface area contributed by atoms with Crippen LogP contribution in [0.5, 0.6) is 0 Å². The average molecular weight is 238 g/mol. The molecule has 1 aliphatic carbocycles. The van der Waals surface area contributed by atoms with Crippen LogP contribution in [0.3, 0.4) is 0 Å². The number of rotatable bonds is 1. The van der Waals surface area contributed by atoms with E-state index in [-0.39, 0.29) is 24.1 Å². The minimum atomic E-state index is -0.594. The molecule has 2 saturated heterocycles. The van der Waals surface area contributed by atoms with Gasteiger partial charge in [-0.2, -0.15) is 0 Å². The van der Waals surface area contributed by atoms with Gasteiger partial charge in [-0.05, 0) is 38.5 Å². The molecule has 2 unspecified atom stereocenters. The lowest BCUT2D eigenvalue weighted by atomic mass is 9.92. The summed E-state index contributed by atoms with van der Waals surface area (Å²) in [5.41, 5.74) is 5.67. The van der Waals surface area contributed by atoms with E-state index in [1.54, 1.807) is 0 Å². The standard InChI is InChI=1S/C13H22N2O2/c14-13(5-1-2-6-13)12(17)15-9-3-4-10(15)8-11(16)7-9/h9-11,16H,1-8,14H2. The van der Waals surface area contributed by atoms with E-state index in [0.717, 1.165) is 51.4 Å². The summed E-state index contributed by atoms with van der Waals surface area (Å²) in [7, 11) is 0. The molecule has 0 spiro atoms. The van der Waals surface area contributed by atoms with Gasteiger partial charge in [0.1, 0.15) is 0 Å². The summed E-state index contributed by atoms with van der Waals surface area (Å²) < 4.78 is 0. The number of amides is 1. The number of carbonyl (C=O) groups excluding carboxylic acids is 1. The maximum absolute atomic E-state index is 12.6. The Morgan fingerprint density at radius 2 is 1.71 bits per heavy atom. The van der Waals surface area contributed by atoms with Gasteiger partial charge in [-0.3, -0.25) is 4.79 Å². The van der Waals surface area contributed by atoms with Gasteiger partial charge in [-0.25, -0.2) is 0 Å². The van der Waals surface area contributed by atoms with Crippen LogP contribution in [0.4, 0.5) is 0 Å². The number of piperidine rings is 1. The van der Waals surface area contributed by atoms with Crippen molar-refractivity contribution < 1.29 is 9.90 Å². The maximum Gasteiger partial charge on any atom is 0.243 e. The molecule has 17 heavy (non-hydrogen) atoms. The highest BCUT2D eigenvalue weighted by molar-refractivity contribution is 5.87. The van der Waals surface area contributed by atoms with Crippen LogP contribution in [-0.2, 0) is 4.79 Å². The molecule has 2 heterocycles. The molecule has 0 aromatic rings. The zero-order chi connectivity index (χ0) is 12.0. The molecule has 1 amide bonds. The van der Waals surface area contributed by atoms with E-state index in [2.05, 4.69) is 0 Å². The van der Waals surface area contributed by atoms with E-state index in [0.29, 0.717) is 0 Å². The first-order valence-electron chi connectivity index (χ1n) is 6.90. The van der Waals surface area contributed by atoms with Crippen LogP contribution in [0.25, 0.3) is 0 Å². The maximum atomic E-state index is 12.6. The molecular formula is C13H22N2O2. The molecule has 0 aromatic heterocycles. The number of nitrogens with two attached hydrogens (primary N) is 1. The van der Waals surface area contributed by atoms with Crippen LogP contribution in [0, 0.1) is 0 Å². The minimum Gasteiger partial charge on any atom is -0.393 e. The number of nitrogens with zero attached hydrogens (tertiary/aromatic N) is 1. The van der Waals surface area contributed by atoms with Crippen molar-refractivity contribution in [3.05, 3.63) is 0 Å². The number of hydrogen-bond acceptors (Lipinski definition) is 3. The Morgan fingerprint density at radius 1 is 1.18 bits per heavy atom. The lowest BCUT2D eigenvalue weighted by Crippen LogP contribution is -2.59. The molecule has 4 heteroatoms. The fourth-order valence-electron chi connectivity index (χ4n) is 3.96. The van der Waals surface area contributed by atoms with Gasteiger partial charge in [0.25, 0.3) is 0 Å². The van der Waals surface area contributed by atoms with Gasteiger partial charge in [0.05, 0.1) is 11.6 Å². The summed E-state index contributed by atoms with van der Waals surface area (Å²) in [6.07, 6.45) is 7.20. The summed E-state index contributed by atoms with van der Waals surface area (Å²) >= 11 is 0. The molecule has 3 fully saturated rings. The van der Waals surface area contributed by atoms with Crippen LogP contribution in [0.15, 0.2) is 0 Å². The largest absolute Gasteiger partial charge is 0.393 e. The normalized spacial score (nSPS) is 39.6. The Bertz CT molecular complexity index is 311. The molecule has 0 aromatic carbocycles. The summed E-state index contributed by atoms with van der Waals surface area (Å²) in [6.45, 7) is 0. The quantitative estimate of drug-likeness (QED) is 0.709. The van der Waals surface area contributed by atoms with Crippen LogP contribution < -0.4 is 5.73 Å². The first-order chi connectivity index (χ1) is 8.10. The third-order valence-corrected chi connectivity index (χ3v) is 4.86. The lowest BCUT2D eigenvalue weighted by molar-refractivity contribution is -0.143. The molecule has 2 bridgehead atoms. The molecule has 3 rings (SSSR count). The molecule has 3 N–H and O–H groups in total. The molecule has 96 valence electrons. The Labute approximate surface area is 102 Å². The topological polar surface area (TPSA) is 66.6 Å². The number of carbonyl (C=O) groups is 1. The van der Waals surface area contributed by atoms with Crippen molar-refractivity contribution in [2.75, 3.05) is 0 Å². The van der Waals surface area contributed by atoms with Crippen LogP contribution in [-0.4, -0.2) is 39.6 Å². The predicted octanol–water partition coefficient (Wildman–Crippen LogP) is 0.772. The Kier molecular flexibility index (Phi) is 2.67. The Balaban J connectivity index is 1.78. The van der Waals surface area contributed by atoms with Crippen molar-refractivity contribution in [2.45, 2.75) is 75.1 Å². The zero-order valence-electron chi connectivity index (χ0n) is 10.3. The fraction of sp³-hybridized carbons (Fsp3) is 0.923. The molecule has 0 radical (unpaired) electrons. The Hall–Kier alpha value is -0.610. The summed E-state index contributed by atoms with van der Waals surface area (Å²) in [5.74, 6) is 0.161. The second-order valence-corrected chi connectivity index (χ2v) is 6.09. The summed E-state index contributed by atoms with van der Waals surface area (Å²) in [6, 6.07) is 0.495. The van der Waals surface area contributed by atoms with E-state index in [4.69, 9.17) is 5.73 Å². The second kappa shape index (κ2) is 3.95.